The van der Waals surface area contributed by atoms with Crippen molar-refractivity contribution in [3.8, 4) is 11.5 Å². The van der Waals surface area contributed by atoms with Crippen molar-refractivity contribution in [2.45, 2.75) is 6.61 Å². The lowest BCUT2D eigenvalue weighted by molar-refractivity contribution is 0.0449. The Labute approximate surface area is 164 Å². The number of ether oxygens (including phenoxy) is 5. The van der Waals surface area contributed by atoms with E-state index in [0.29, 0.717) is 5.75 Å². The summed E-state index contributed by atoms with van der Waals surface area (Å²) in [5, 5.41) is 0.0530. The molecule has 1 heterocycles. The summed E-state index contributed by atoms with van der Waals surface area (Å²) in [6.07, 6.45) is 0. The molecule has 2 rings (SSSR count). The zero-order valence-corrected chi connectivity index (χ0v) is 16.5. The first-order chi connectivity index (χ1) is 13.4. The van der Waals surface area contributed by atoms with Gasteiger partial charge in [0.05, 0.1) is 28.4 Å². The number of hydrogen-bond donors (Lipinski definition) is 1. The van der Waals surface area contributed by atoms with Crippen LogP contribution in [-0.4, -0.2) is 46.3 Å². The molecule has 0 aliphatic rings. The Morgan fingerprint density at radius 3 is 2.21 bits per heavy atom. The predicted molar refractivity (Wildman–Crippen MR) is 100 cm³/mol. The monoisotopic (exact) mass is 409 g/mol. The van der Waals surface area contributed by atoms with Crippen molar-refractivity contribution in [3.63, 3.8) is 0 Å². The zero-order chi connectivity index (χ0) is 20.8. The second-order valence-corrected chi connectivity index (χ2v) is 6.30. The molecule has 1 aromatic heterocycles. The summed E-state index contributed by atoms with van der Waals surface area (Å²) in [6.45, 7) is -0.401. The molecule has 1 aromatic carbocycles. The van der Waals surface area contributed by atoms with Crippen LogP contribution in [0.3, 0.4) is 0 Å². The van der Waals surface area contributed by atoms with Gasteiger partial charge >= 0.3 is 17.9 Å². The molecule has 0 saturated carbocycles. The van der Waals surface area contributed by atoms with Crippen molar-refractivity contribution in [2.75, 3.05) is 34.2 Å². The lowest BCUT2D eigenvalue weighted by Gasteiger charge is -2.12. The van der Waals surface area contributed by atoms with Crippen LogP contribution < -0.4 is 15.2 Å². The van der Waals surface area contributed by atoms with E-state index >= 15 is 0 Å². The number of anilines is 1. The number of para-hydroxylation sites is 1. The van der Waals surface area contributed by atoms with Gasteiger partial charge in [-0.2, -0.15) is 0 Å². The third-order valence-corrected chi connectivity index (χ3v) is 4.81. The number of carbonyl (C=O) groups excluding carboxylic acids is 3. The smallest absolute Gasteiger partial charge is 0.348 e. The highest BCUT2D eigenvalue weighted by Gasteiger charge is 2.28. The molecule has 0 spiro atoms. The summed E-state index contributed by atoms with van der Waals surface area (Å²) in [7, 11) is 5.19. The molecule has 0 radical (unpaired) electrons. The van der Waals surface area contributed by atoms with Gasteiger partial charge in [0.15, 0.2) is 11.5 Å². The van der Waals surface area contributed by atoms with Gasteiger partial charge in [-0.15, -0.1) is 11.3 Å². The van der Waals surface area contributed by atoms with Crippen molar-refractivity contribution in [3.05, 3.63) is 39.8 Å². The third kappa shape index (κ3) is 4.01. The molecule has 2 aromatic rings. The summed E-state index contributed by atoms with van der Waals surface area (Å²) < 4.78 is 25.1. The predicted octanol–water partition coefficient (Wildman–Crippen LogP) is 2.28. The molecule has 9 nitrogen and oxygen atoms in total. The molecule has 10 heteroatoms. The summed E-state index contributed by atoms with van der Waals surface area (Å²) >= 11 is 0.845. The molecule has 0 bridgehead atoms. The standard InChI is InChI=1S/C18H19NO8S/c1-23-11-7-5-6-9(13(11)24-2)16(20)27-8-10-12(17(21)25-3)15(19)28-14(10)18(22)26-4/h5-7H,8,19H2,1-4H3. The second-order valence-electron chi connectivity index (χ2n) is 5.25. The minimum atomic E-state index is -0.756. The van der Waals surface area contributed by atoms with E-state index in [9.17, 15) is 14.4 Å². The highest BCUT2D eigenvalue weighted by atomic mass is 32.1. The van der Waals surface area contributed by atoms with Crippen molar-refractivity contribution < 1.29 is 38.1 Å². The van der Waals surface area contributed by atoms with Gasteiger partial charge in [-0.05, 0) is 12.1 Å². The van der Waals surface area contributed by atoms with Crippen LogP contribution in [0, 0.1) is 0 Å². The van der Waals surface area contributed by atoms with Crippen molar-refractivity contribution in [1.29, 1.82) is 0 Å². The fraction of sp³-hybridized carbons (Fsp3) is 0.278. The SMILES string of the molecule is COC(=O)c1sc(N)c(C(=O)OC)c1COC(=O)c1cccc(OC)c1OC. The number of methoxy groups -OCH3 is 4. The third-order valence-electron chi connectivity index (χ3n) is 3.77. The molecular weight excluding hydrogens is 390 g/mol. The molecule has 0 amide bonds. The lowest BCUT2D eigenvalue weighted by atomic mass is 10.1. The fourth-order valence-corrected chi connectivity index (χ4v) is 3.45. The number of thiophene rings is 1. The van der Waals surface area contributed by atoms with Crippen molar-refractivity contribution in [2.24, 2.45) is 0 Å². The highest BCUT2D eigenvalue weighted by Crippen LogP contribution is 2.34. The minimum Gasteiger partial charge on any atom is -0.493 e. The normalized spacial score (nSPS) is 10.1. The van der Waals surface area contributed by atoms with Crippen molar-refractivity contribution in [1.82, 2.24) is 0 Å². The Kier molecular flexibility index (Phi) is 6.83. The van der Waals surface area contributed by atoms with Crippen LogP contribution in [0.15, 0.2) is 18.2 Å². The number of benzene rings is 1. The molecule has 0 fully saturated rings. The summed E-state index contributed by atoms with van der Waals surface area (Å²) in [5.74, 6) is -1.67. The first-order valence-electron chi connectivity index (χ1n) is 7.85. The van der Waals surface area contributed by atoms with E-state index in [-0.39, 0.29) is 32.3 Å². The average Bonchev–Trinajstić information content (AvgIpc) is 3.05. The Balaban J connectivity index is 2.38. The maximum atomic E-state index is 12.6. The summed E-state index contributed by atoms with van der Waals surface area (Å²) in [5.41, 5.74) is 6.02. The molecule has 2 N–H and O–H groups in total. The number of nitrogen functional groups attached to an aromatic ring is 1. The van der Waals surface area contributed by atoms with Gasteiger partial charge in [-0.25, -0.2) is 14.4 Å². The van der Waals surface area contributed by atoms with Gasteiger partial charge in [-0.1, -0.05) is 6.07 Å². The Hall–Kier alpha value is -3.27. The zero-order valence-electron chi connectivity index (χ0n) is 15.7. The molecule has 0 aliphatic carbocycles. The number of hydrogen-bond acceptors (Lipinski definition) is 10. The maximum Gasteiger partial charge on any atom is 0.348 e. The lowest BCUT2D eigenvalue weighted by Crippen LogP contribution is -2.13. The Bertz CT molecular complexity index is 905. The molecular formula is C18H19NO8S. The van der Waals surface area contributed by atoms with E-state index in [2.05, 4.69) is 0 Å². The van der Waals surface area contributed by atoms with Gasteiger partial charge in [0.2, 0.25) is 0 Å². The summed E-state index contributed by atoms with van der Waals surface area (Å²) in [6, 6.07) is 4.72. The average molecular weight is 409 g/mol. The van der Waals surface area contributed by atoms with Crippen LogP contribution in [0.1, 0.15) is 36.0 Å². The largest absolute Gasteiger partial charge is 0.493 e. The van der Waals surface area contributed by atoms with Crippen LogP contribution in [0.25, 0.3) is 0 Å². The van der Waals surface area contributed by atoms with Gasteiger partial charge in [-0.3, -0.25) is 0 Å². The van der Waals surface area contributed by atoms with Crippen LogP contribution in [0.5, 0.6) is 11.5 Å². The number of carbonyl (C=O) groups is 3. The van der Waals surface area contributed by atoms with E-state index < -0.39 is 24.5 Å². The van der Waals surface area contributed by atoms with Crippen LogP contribution in [0.4, 0.5) is 5.00 Å². The topological polar surface area (TPSA) is 123 Å². The molecule has 0 unspecified atom stereocenters. The maximum absolute atomic E-state index is 12.6. The van der Waals surface area contributed by atoms with Crippen LogP contribution in [-0.2, 0) is 20.8 Å². The fourth-order valence-electron chi connectivity index (χ4n) is 2.47. The number of esters is 3. The summed E-state index contributed by atoms with van der Waals surface area (Å²) in [4.78, 5) is 36.7. The van der Waals surface area contributed by atoms with Gasteiger partial charge in [0.1, 0.15) is 27.6 Å². The second kappa shape index (κ2) is 9.09. The molecule has 150 valence electrons. The van der Waals surface area contributed by atoms with Crippen LogP contribution >= 0.6 is 11.3 Å². The molecule has 0 atom stereocenters. The van der Waals surface area contributed by atoms with Crippen LogP contribution in [0.2, 0.25) is 0 Å². The molecule has 0 saturated heterocycles. The Morgan fingerprint density at radius 1 is 0.964 bits per heavy atom. The quantitative estimate of drug-likeness (QED) is 0.542. The molecule has 28 heavy (non-hydrogen) atoms. The first kappa shape index (κ1) is 21.0. The molecule has 0 aliphatic heterocycles. The minimum absolute atomic E-state index is 0.0432. The van der Waals surface area contributed by atoms with E-state index in [4.69, 9.17) is 29.4 Å². The highest BCUT2D eigenvalue weighted by molar-refractivity contribution is 7.18. The number of rotatable bonds is 7. The van der Waals surface area contributed by atoms with E-state index in [1.807, 2.05) is 0 Å². The van der Waals surface area contributed by atoms with E-state index in [1.165, 1.54) is 34.5 Å². The number of nitrogens with two attached hydrogens (primary N) is 1. The first-order valence-corrected chi connectivity index (χ1v) is 8.67. The van der Waals surface area contributed by atoms with Gasteiger partial charge < -0.3 is 29.4 Å². The van der Waals surface area contributed by atoms with Gasteiger partial charge in [0, 0.05) is 5.56 Å². The Morgan fingerprint density at radius 2 is 1.64 bits per heavy atom. The van der Waals surface area contributed by atoms with E-state index in [0.717, 1.165) is 11.3 Å². The van der Waals surface area contributed by atoms with Gasteiger partial charge in [0.25, 0.3) is 0 Å². The van der Waals surface area contributed by atoms with Crippen molar-refractivity contribution >= 4 is 34.2 Å². The van der Waals surface area contributed by atoms with E-state index in [1.54, 1.807) is 12.1 Å².